The Morgan fingerprint density at radius 3 is 2.14 bits per heavy atom. The molecule has 13 nitrogen and oxygen atoms in total. The lowest BCUT2D eigenvalue weighted by Gasteiger charge is -2.49. The zero-order valence-electron chi connectivity index (χ0n) is 21.3. The highest BCUT2D eigenvalue weighted by molar-refractivity contribution is 6.02. The van der Waals surface area contributed by atoms with Gasteiger partial charge in [0.25, 0.3) is 0 Å². The van der Waals surface area contributed by atoms with Gasteiger partial charge in [0.1, 0.15) is 12.1 Å². The molecular formula is C23H24F6N8O5. The van der Waals surface area contributed by atoms with Gasteiger partial charge in [-0.2, -0.15) is 26.3 Å². The fourth-order valence-corrected chi connectivity index (χ4v) is 5.80. The molecule has 2 saturated heterocycles. The van der Waals surface area contributed by atoms with Gasteiger partial charge in [-0.25, -0.2) is 9.98 Å². The average Bonchev–Trinajstić information content (AvgIpc) is 3.45. The standard InChI is InChI=1S/C23H24F6N8O5/c24-22(25,26)10-3-9(4-11(6-10)23(27,28)29)5-14(38)33-13-8-37-19(31)32-12(7-36-15(39)1-2-16(36)40)17-20(37,21(13,41)42)35-18(30)34-17/h3-4,6,12-13,17,41-42H,1-2,5,7-8H2,(H2,31,32)(H,33,38)(H3,30,34,35)/t12-,13-,17?,20?/m0/s1. The molecule has 0 aliphatic carbocycles. The molecule has 4 aliphatic heterocycles. The van der Waals surface area contributed by atoms with E-state index in [0.29, 0.717) is 12.1 Å². The molecule has 19 heteroatoms. The Balaban J connectivity index is 1.41. The lowest BCUT2D eigenvalue weighted by atomic mass is 9.84. The van der Waals surface area contributed by atoms with Crippen LogP contribution >= 0.6 is 0 Å². The zero-order chi connectivity index (χ0) is 31.0. The summed E-state index contributed by atoms with van der Waals surface area (Å²) in [5, 5.41) is 27.7. The summed E-state index contributed by atoms with van der Waals surface area (Å²) >= 11 is 0. The second kappa shape index (κ2) is 9.45. The van der Waals surface area contributed by atoms with E-state index in [-0.39, 0.29) is 37.4 Å². The number of likely N-dealkylation sites (tertiary alicyclic amines) is 1. The lowest BCUT2D eigenvalue weighted by Crippen LogP contribution is -2.78. The van der Waals surface area contributed by atoms with Gasteiger partial charge in [-0.1, -0.05) is 0 Å². The lowest BCUT2D eigenvalue weighted by molar-refractivity contribution is -0.232. The van der Waals surface area contributed by atoms with Crippen molar-refractivity contribution in [1.29, 1.82) is 0 Å². The molecule has 42 heavy (non-hydrogen) atoms. The number of rotatable bonds is 5. The highest BCUT2D eigenvalue weighted by Gasteiger charge is 2.73. The maximum absolute atomic E-state index is 13.2. The fourth-order valence-electron chi connectivity index (χ4n) is 5.80. The predicted octanol–water partition coefficient (Wildman–Crippen LogP) is -1.42. The van der Waals surface area contributed by atoms with Gasteiger partial charge in [-0.15, -0.1) is 0 Å². The zero-order valence-corrected chi connectivity index (χ0v) is 21.3. The molecule has 4 aliphatic rings. The maximum Gasteiger partial charge on any atom is 0.416 e. The van der Waals surface area contributed by atoms with E-state index >= 15 is 0 Å². The molecule has 0 saturated carbocycles. The summed E-state index contributed by atoms with van der Waals surface area (Å²) in [7, 11) is 0. The Hall–Kier alpha value is -4.13. The molecule has 8 N–H and O–H groups in total. The molecule has 1 spiro atoms. The number of carbonyl (C=O) groups excluding carboxylic acids is 3. The summed E-state index contributed by atoms with van der Waals surface area (Å²) in [6.07, 6.45) is -11.3. The number of nitrogens with two attached hydrogens (primary N) is 2. The summed E-state index contributed by atoms with van der Waals surface area (Å²) in [5.41, 5.74) is 6.03. The number of aliphatic imine (C=N–C) groups is 2. The second-order valence-corrected chi connectivity index (χ2v) is 10.4. The van der Waals surface area contributed by atoms with Crippen LogP contribution in [-0.4, -0.2) is 92.3 Å². The number of hydrogen-bond acceptors (Lipinski definition) is 11. The highest BCUT2D eigenvalue weighted by atomic mass is 19.4. The van der Waals surface area contributed by atoms with Crippen LogP contribution in [0, 0.1) is 0 Å². The van der Waals surface area contributed by atoms with Crippen molar-refractivity contribution in [2.24, 2.45) is 21.5 Å². The van der Waals surface area contributed by atoms with Crippen LogP contribution in [0.1, 0.15) is 29.5 Å². The maximum atomic E-state index is 13.2. The van der Waals surface area contributed by atoms with Crippen molar-refractivity contribution in [2.75, 3.05) is 13.1 Å². The van der Waals surface area contributed by atoms with Gasteiger partial charge in [0, 0.05) is 19.4 Å². The van der Waals surface area contributed by atoms with E-state index in [1.165, 1.54) is 0 Å². The van der Waals surface area contributed by atoms with Gasteiger partial charge in [-0.3, -0.25) is 19.3 Å². The van der Waals surface area contributed by atoms with Gasteiger partial charge in [0.05, 0.1) is 30.1 Å². The van der Waals surface area contributed by atoms with Crippen molar-refractivity contribution in [3.63, 3.8) is 0 Å². The molecule has 3 amide bonds. The SMILES string of the molecule is NC1=NC2[C@H](CN3C(=O)CCC3=O)N=C(N)N3C[C@H](NC(=O)Cc4cc(C(F)(F)F)cc(C(F)(F)F)c4)C(O)(O)C23N1. The summed E-state index contributed by atoms with van der Waals surface area (Å²) in [4.78, 5) is 47.8. The van der Waals surface area contributed by atoms with E-state index in [0.717, 1.165) is 9.80 Å². The van der Waals surface area contributed by atoms with Gasteiger partial charge in [0.2, 0.25) is 23.5 Å². The van der Waals surface area contributed by atoms with Crippen molar-refractivity contribution in [3.8, 4) is 0 Å². The largest absolute Gasteiger partial charge is 0.416 e. The molecule has 2 fully saturated rings. The first-order valence-corrected chi connectivity index (χ1v) is 12.4. The quantitative estimate of drug-likeness (QED) is 0.132. The van der Waals surface area contributed by atoms with E-state index in [2.05, 4.69) is 20.6 Å². The third-order valence-corrected chi connectivity index (χ3v) is 7.67. The van der Waals surface area contributed by atoms with E-state index in [1.54, 1.807) is 0 Å². The van der Waals surface area contributed by atoms with Crippen LogP contribution < -0.4 is 22.1 Å². The van der Waals surface area contributed by atoms with E-state index in [9.17, 15) is 50.9 Å². The molecule has 0 aromatic heterocycles. The van der Waals surface area contributed by atoms with Crippen LogP contribution in [0.5, 0.6) is 0 Å². The number of halogens is 6. The van der Waals surface area contributed by atoms with E-state index in [1.807, 2.05) is 0 Å². The minimum absolute atomic E-state index is 0.0231. The normalized spacial score (nSPS) is 28.7. The number of nitrogens with zero attached hydrogens (tertiary/aromatic N) is 4. The van der Waals surface area contributed by atoms with E-state index < -0.39 is 89.3 Å². The number of guanidine groups is 2. The first-order chi connectivity index (χ1) is 19.3. The summed E-state index contributed by atoms with van der Waals surface area (Å²) < 4.78 is 79.4. The Kier molecular flexibility index (Phi) is 6.60. The first-order valence-electron chi connectivity index (χ1n) is 12.4. The molecule has 0 bridgehead atoms. The van der Waals surface area contributed by atoms with Gasteiger partial charge >= 0.3 is 12.4 Å². The number of amides is 3. The first kappa shape index (κ1) is 29.4. The number of benzene rings is 1. The Morgan fingerprint density at radius 2 is 1.60 bits per heavy atom. The van der Waals surface area contributed by atoms with Crippen molar-refractivity contribution >= 4 is 29.6 Å². The van der Waals surface area contributed by atoms with Gasteiger partial charge in [0.15, 0.2) is 17.6 Å². The number of imide groups is 1. The van der Waals surface area contributed by atoms with Crippen molar-refractivity contribution in [1.82, 2.24) is 20.4 Å². The molecule has 4 heterocycles. The van der Waals surface area contributed by atoms with Crippen LogP contribution in [0.2, 0.25) is 0 Å². The van der Waals surface area contributed by atoms with Gasteiger partial charge < -0.3 is 37.2 Å². The molecule has 5 rings (SSSR count). The third kappa shape index (κ3) is 4.65. The molecule has 1 aromatic carbocycles. The van der Waals surface area contributed by atoms with Crippen LogP contribution in [0.4, 0.5) is 26.3 Å². The smallest absolute Gasteiger partial charge is 0.370 e. The molecule has 0 radical (unpaired) electrons. The molecule has 4 atom stereocenters. The number of hydrogen-bond donors (Lipinski definition) is 6. The van der Waals surface area contributed by atoms with Crippen LogP contribution in [0.15, 0.2) is 28.2 Å². The third-order valence-electron chi connectivity index (χ3n) is 7.67. The number of alkyl halides is 6. The molecule has 228 valence electrons. The van der Waals surface area contributed by atoms with Crippen molar-refractivity contribution in [3.05, 3.63) is 34.9 Å². The summed E-state index contributed by atoms with van der Waals surface area (Å²) in [6.45, 7) is -0.771. The molecular weight excluding hydrogens is 582 g/mol. The Morgan fingerprint density at radius 1 is 1.02 bits per heavy atom. The summed E-state index contributed by atoms with van der Waals surface area (Å²) in [6, 6.07) is -3.32. The molecule has 1 aromatic rings. The minimum atomic E-state index is -5.13. The molecule has 2 unspecified atom stereocenters. The van der Waals surface area contributed by atoms with Gasteiger partial charge in [-0.05, 0) is 23.8 Å². The van der Waals surface area contributed by atoms with Crippen molar-refractivity contribution in [2.45, 2.75) is 61.2 Å². The predicted molar refractivity (Wildman–Crippen MR) is 129 cm³/mol. The fraction of sp³-hybridized carbons (Fsp3) is 0.522. The average molecular weight is 606 g/mol. The number of nitrogens with one attached hydrogen (secondary N) is 2. The van der Waals surface area contributed by atoms with Crippen LogP contribution in [0.25, 0.3) is 0 Å². The second-order valence-electron chi connectivity index (χ2n) is 10.4. The monoisotopic (exact) mass is 606 g/mol. The van der Waals surface area contributed by atoms with Crippen molar-refractivity contribution < 1.29 is 50.9 Å². The summed E-state index contributed by atoms with van der Waals surface area (Å²) in [5.74, 6) is -5.66. The topological polar surface area (TPSA) is 199 Å². The van der Waals surface area contributed by atoms with Crippen LogP contribution in [0.3, 0.4) is 0 Å². The van der Waals surface area contributed by atoms with Crippen LogP contribution in [-0.2, 0) is 33.2 Å². The Bertz CT molecular complexity index is 1360. The highest BCUT2D eigenvalue weighted by Crippen LogP contribution is 2.45. The van der Waals surface area contributed by atoms with E-state index in [4.69, 9.17) is 11.5 Å². The number of carbonyl (C=O) groups is 3. The number of aliphatic hydroxyl groups is 2. The Labute approximate surface area is 232 Å². The minimum Gasteiger partial charge on any atom is -0.370 e.